The third-order valence-corrected chi connectivity index (χ3v) is 3.44. The Labute approximate surface area is 148 Å². The number of nitrogens with one attached hydrogen (secondary N) is 1. The van der Waals surface area contributed by atoms with Crippen molar-refractivity contribution in [2.24, 2.45) is 0 Å². The first-order valence-electron chi connectivity index (χ1n) is 7.43. The molecule has 5 nitrogen and oxygen atoms in total. The molecule has 2 rings (SSSR count). The summed E-state index contributed by atoms with van der Waals surface area (Å²) < 4.78 is 10.8. The average Bonchev–Trinajstić information content (AvgIpc) is 3.07. The third-order valence-electron chi connectivity index (χ3n) is 3.44. The lowest BCUT2D eigenvalue weighted by molar-refractivity contribution is 0.0939. The Bertz CT molecular complexity index is 624. The van der Waals surface area contributed by atoms with Gasteiger partial charge in [-0.1, -0.05) is 12.7 Å². The van der Waals surface area contributed by atoms with Gasteiger partial charge in [-0.2, -0.15) is 0 Å². The molecule has 0 spiro atoms. The molecule has 0 saturated carbocycles. The number of carbonyl (C=O) groups is 1. The maximum absolute atomic E-state index is 12.2. The van der Waals surface area contributed by atoms with Crippen molar-refractivity contribution < 1.29 is 13.9 Å². The van der Waals surface area contributed by atoms with Gasteiger partial charge in [0, 0.05) is 12.1 Å². The van der Waals surface area contributed by atoms with E-state index in [1.165, 1.54) is 0 Å². The molecule has 1 amide bonds. The lowest BCUT2D eigenvalue weighted by Gasteiger charge is -2.22. The maximum Gasteiger partial charge on any atom is 0.251 e. The van der Waals surface area contributed by atoms with Gasteiger partial charge in [-0.25, -0.2) is 0 Å². The molecule has 1 atom stereocenters. The van der Waals surface area contributed by atoms with Crippen molar-refractivity contribution in [3.05, 3.63) is 66.6 Å². The Balaban J connectivity index is 0.00000288. The van der Waals surface area contributed by atoms with Crippen LogP contribution in [-0.4, -0.2) is 38.1 Å². The summed E-state index contributed by atoms with van der Waals surface area (Å²) in [5.74, 6) is 1.41. The number of halogens is 1. The number of rotatable bonds is 8. The highest BCUT2D eigenvalue weighted by atomic mass is 35.5. The maximum atomic E-state index is 12.2. The van der Waals surface area contributed by atoms with E-state index in [1.807, 2.05) is 31.1 Å². The van der Waals surface area contributed by atoms with Gasteiger partial charge in [0.15, 0.2) is 0 Å². The van der Waals surface area contributed by atoms with Crippen molar-refractivity contribution >= 4 is 18.3 Å². The van der Waals surface area contributed by atoms with Gasteiger partial charge >= 0.3 is 0 Å². The van der Waals surface area contributed by atoms with Gasteiger partial charge in [-0.05, 0) is 50.5 Å². The van der Waals surface area contributed by atoms with Gasteiger partial charge < -0.3 is 14.5 Å². The minimum Gasteiger partial charge on any atom is -0.490 e. The van der Waals surface area contributed by atoms with Crippen molar-refractivity contribution in [2.45, 2.75) is 6.04 Å². The van der Waals surface area contributed by atoms with E-state index < -0.39 is 0 Å². The quantitative estimate of drug-likeness (QED) is 0.742. The van der Waals surface area contributed by atoms with Crippen LogP contribution < -0.4 is 10.1 Å². The van der Waals surface area contributed by atoms with Gasteiger partial charge in [-0.3, -0.25) is 9.69 Å². The van der Waals surface area contributed by atoms with E-state index in [2.05, 4.69) is 11.9 Å². The number of nitrogens with zero attached hydrogens (tertiary/aromatic N) is 1. The number of ether oxygens (including phenoxy) is 1. The van der Waals surface area contributed by atoms with Crippen LogP contribution in [0.3, 0.4) is 0 Å². The lowest BCUT2D eigenvalue weighted by atomic mass is 10.1. The summed E-state index contributed by atoms with van der Waals surface area (Å²) >= 11 is 0. The number of benzene rings is 1. The molecule has 6 heteroatoms. The van der Waals surface area contributed by atoms with E-state index in [0.717, 1.165) is 5.76 Å². The van der Waals surface area contributed by atoms with Crippen molar-refractivity contribution in [3.63, 3.8) is 0 Å². The second-order valence-electron chi connectivity index (χ2n) is 5.33. The Morgan fingerprint density at radius 3 is 2.58 bits per heavy atom. The number of hydrogen-bond donors (Lipinski definition) is 1. The summed E-state index contributed by atoms with van der Waals surface area (Å²) in [5, 5.41) is 2.93. The molecule has 1 N–H and O–H groups in total. The van der Waals surface area contributed by atoms with Crippen molar-refractivity contribution in [3.8, 4) is 5.75 Å². The summed E-state index contributed by atoms with van der Waals surface area (Å²) in [5.41, 5.74) is 0.591. The smallest absolute Gasteiger partial charge is 0.251 e. The van der Waals surface area contributed by atoms with E-state index in [-0.39, 0.29) is 24.4 Å². The van der Waals surface area contributed by atoms with Crippen LogP contribution in [0.15, 0.2) is 59.7 Å². The molecule has 1 heterocycles. The predicted octanol–water partition coefficient (Wildman–Crippen LogP) is 3.30. The van der Waals surface area contributed by atoms with E-state index in [1.54, 1.807) is 36.6 Å². The highest BCUT2D eigenvalue weighted by Gasteiger charge is 2.18. The van der Waals surface area contributed by atoms with Crippen LogP contribution in [0, 0.1) is 0 Å². The van der Waals surface area contributed by atoms with Crippen LogP contribution in [-0.2, 0) is 0 Å². The minimum absolute atomic E-state index is 0. The van der Waals surface area contributed by atoms with Gasteiger partial charge in [0.1, 0.15) is 18.1 Å². The summed E-state index contributed by atoms with van der Waals surface area (Å²) in [6.45, 7) is 4.51. The third kappa shape index (κ3) is 5.44. The molecule has 1 aromatic heterocycles. The summed E-state index contributed by atoms with van der Waals surface area (Å²) in [6.07, 6.45) is 3.31. The van der Waals surface area contributed by atoms with Crippen LogP contribution in [0.25, 0.3) is 0 Å². The van der Waals surface area contributed by atoms with Crippen LogP contribution in [0.5, 0.6) is 5.75 Å². The topological polar surface area (TPSA) is 54.7 Å². The largest absolute Gasteiger partial charge is 0.490 e. The predicted molar refractivity (Wildman–Crippen MR) is 96.9 cm³/mol. The number of furan rings is 1. The first-order valence-corrected chi connectivity index (χ1v) is 7.43. The molecular weight excluding hydrogens is 328 g/mol. The fraction of sp³-hybridized carbons (Fsp3) is 0.278. The fourth-order valence-corrected chi connectivity index (χ4v) is 2.17. The molecule has 130 valence electrons. The van der Waals surface area contributed by atoms with Crippen LogP contribution in [0.1, 0.15) is 22.2 Å². The van der Waals surface area contributed by atoms with Gasteiger partial charge in [-0.15, -0.1) is 12.4 Å². The Hall–Kier alpha value is -2.24. The standard InChI is InChI=1S/C18H22N2O3.ClH/c1-4-11-22-15-9-7-14(8-10-15)18(21)19-13-16(20(2)3)17-6-5-12-23-17;/h4-10,12,16H,1,11,13H2,2-3H3,(H,19,21);1H. The zero-order chi connectivity index (χ0) is 16.7. The van der Waals surface area contributed by atoms with E-state index in [9.17, 15) is 4.79 Å². The second kappa shape index (κ2) is 9.80. The second-order valence-corrected chi connectivity index (χ2v) is 5.33. The van der Waals surface area contributed by atoms with Crippen molar-refractivity contribution in [1.29, 1.82) is 0 Å². The van der Waals surface area contributed by atoms with Gasteiger partial charge in [0.05, 0.1) is 12.3 Å². The molecule has 2 aromatic rings. The summed E-state index contributed by atoms with van der Waals surface area (Å²) in [4.78, 5) is 14.3. The normalized spacial score (nSPS) is 11.5. The van der Waals surface area contributed by atoms with E-state index in [0.29, 0.717) is 24.5 Å². The number of likely N-dealkylation sites (N-methyl/N-ethyl adjacent to an activating group) is 1. The Morgan fingerprint density at radius 2 is 2.04 bits per heavy atom. The SMILES string of the molecule is C=CCOc1ccc(C(=O)NCC(c2ccco2)N(C)C)cc1.Cl. The van der Waals surface area contributed by atoms with E-state index in [4.69, 9.17) is 9.15 Å². The zero-order valence-electron chi connectivity index (χ0n) is 13.9. The molecular formula is C18H23ClN2O3. The monoisotopic (exact) mass is 350 g/mol. The van der Waals surface area contributed by atoms with Crippen LogP contribution in [0.4, 0.5) is 0 Å². The Morgan fingerprint density at radius 1 is 1.33 bits per heavy atom. The number of carbonyl (C=O) groups excluding carboxylic acids is 1. The molecule has 1 aromatic carbocycles. The minimum atomic E-state index is -0.126. The van der Waals surface area contributed by atoms with Crippen molar-refractivity contribution in [2.75, 3.05) is 27.2 Å². The van der Waals surface area contributed by atoms with Gasteiger partial charge in [0.2, 0.25) is 0 Å². The zero-order valence-corrected chi connectivity index (χ0v) is 14.7. The summed E-state index contributed by atoms with van der Waals surface area (Å²) in [6, 6.07) is 10.8. The number of amides is 1. The highest BCUT2D eigenvalue weighted by Crippen LogP contribution is 2.18. The molecule has 1 unspecified atom stereocenters. The molecule has 0 radical (unpaired) electrons. The Kier molecular flexibility index (Phi) is 8.09. The molecule has 0 aliphatic carbocycles. The molecule has 24 heavy (non-hydrogen) atoms. The van der Waals surface area contributed by atoms with Crippen LogP contribution >= 0.6 is 12.4 Å². The van der Waals surface area contributed by atoms with Crippen molar-refractivity contribution in [1.82, 2.24) is 10.2 Å². The van der Waals surface area contributed by atoms with Gasteiger partial charge in [0.25, 0.3) is 5.91 Å². The van der Waals surface area contributed by atoms with Crippen LogP contribution in [0.2, 0.25) is 0 Å². The fourth-order valence-electron chi connectivity index (χ4n) is 2.17. The molecule has 0 bridgehead atoms. The first-order chi connectivity index (χ1) is 11.1. The molecule has 0 aliphatic heterocycles. The molecule has 0 saturated heterocycles. The lowest BCUT2D eigenvalue weighted by Crippen LogP contribution is -2.34. The average molecular weight is 351 g/mol. The highest BCUT2D eigenvalue weighted by molar-refractivity contribution is 5.94. The molecule has 0 fully saturated rings. The first kappa shape index (κ1) is 19.8. The molecule has 0 aliphatic rings. The number of hydrogen-bond acceptors (Lipinski definition) is 4. The summed E-state index contributed by atoms with van der Waals surface area (Å²) in [7, 11) is 3.90. The van der Waals surface area contributed by atoms with E-state index >= 15 is 0 Å².